The maximum absolute atomic E-state index is 14.5. The average Bonchev–Trinajstić information content (AvgIpc) is 3.57. The zero-order valence-electron chi connectivity index (χ0n) is 27.9. The molecule has 0 saturated carbocycles. The monoisotopic (exact) mass is 770 g/mol. The van der Waals surface area contributed by atoms with Gasteiger partial charge in [0.1, 0.15) is 0 Å². The Bertz CT molecular complexity index is 3690. The van der Waals surface area contributed by atoms with Crippen molar-refractivity contribution < 1.29 is 19.2 Å². The molecule has 2 aromatic heterocycles. The van der Waals surface area contributed by atoms with Crippen molar-refractivity contribution in [3.05, 3.63) is 162 Å². The number of benzene rings is 8. The van der Waals surface area contributed by atoms with E-state index < -0.39 is 0 Å². The standard InChI is InChI=1S/C45H17Cl3N2O5/c46-36-32-28-15-27-18-10-13-25-34(44(54)22-7-3-1-5-20(22)41(25)51)38(18)49-30(27)16-29(28)43(53)24-12-9-17-19-11-14-26-35(45(55)23-8-4-2-6-21(23)42(26)52)39(19)50(48)40(37(36)47)33(17)31(24)32/h1-16,49H. The van der Waals surface area contributed by atoms with E-state index in [2.05, 4.69) is 4.98 Å². The van der Waals surface area contributed by atoms with Gasteiger partial charge in [0.05, 0.1) is 37.7 Å². The van der Waals surface area contributed by atoms with Crippen LogP contribution in [0.3, 0.4) is 0 Å². The maximum Gasteiger partial charge on any atom is 0.196 e. The SMILES string of the molecule is O=C1c2ccccc2C(=O)c2c1ccc1c2[nH]c2cc3c(=O)c4ccc5c6ccc7c(c6n(Cl)c6c(Cl)c(Cl)c(c3cc21)c4c56)C(=O)c1ccccc1C7=O. The van der Waals surface area contributed by atoms with Crippen LogP contribution in [-0.2, 0) is 0 Å². The number of ketones is 4. The lowest BCUT2D eigenvalue weighted by Crippen LogP contribution is -2.22. The van der Waals surface area contributed by atoms with Crippen molar-refractivity contribution in [2.75, 3.05) is 0 Å². The van der Waals surface area contributed by atoms with E-state index in [1.54, 1.807) is 78.9 Å². The number of nitrogens with zero attached hydrogens (tertiary/aromatic N) is 1. The lowest BCUT2D eigenvalue weighted by molar-refractivity contribution is 0.0980. The number of halogens is 3. The maximum atomic E-state index is 14.5. The van der Waals surface area contributed by atoms with Crippen molar-refractivity contribution in [2.45, 2.75) is 0 Å². The van der Waals surface area contributed by atoms with Gasteiger partial charge in [-0.05, 0) is 41.1 Å². The number of hydrogen-bond acceptors (Lipinski definition) is 5. The van der Waals surface area contributed by atoms with Gasteiger partial charge >= 0.3 is 0 Å². The molecule has 2 aliphatic rings. The summed E-state index contributed by atoms with van der Waals surface area (Å²) in [4.78, 5) is 73.1. The first-order valence-corrected chi connectivity index (χ1v) is 18.4. The number of aromatic amines is 1. The summed E-state index contributed by atoms with van der Waals surface area (Å²) in [6.07, 6.45) is 0. The highest BCUT2D eigenvalue weighted by molar-refractivity contribution is 6.54. The summed E-state index contributed by atoms with van der Waals surface area (Å²) in [5.74, 6) is -1.11. The number of carbonyl (C=O) groups is 4. The largest absolute Gasteiger partial charge is 0.354 e. The molecule has 0 atom stereocenters. The van der Waals surface area contributed by atoms with E-state index in [-0.39, 0.29) is 60.9 Å². The fraction of sp³-hybridized carbons (Fsp3) is 0. The van der Waals surface area contributed by atoms with E-state index in [9.17, 15) is 24.0 Å². The topological polar surface area (TPSA) is 106 Å². The van der Waals surface area contributed by atoms with Crippen LogP contribution in [0.15, 0.2) is 102 Å². The minimum absolute atomic E-state index is 0.104. The first-order chi connectivity index (χ1) is 26.7. The van der Waals surface area contributed by atoms with Gasteiger partial charge < -0.3 is 4.98 Å². The molecule has 258 valence electrons. The highest BCUT2D eigenvalue weighted by Crippen LogP contribution is 2.49. The molecule has 0 spiro atoms. The number of nitrogens with one attached hydrogen (secondary N) is 1. The smallest absolute Gasteiger partial charge is 0.196 e. The fourth-order valence-electron chi connectivity index (χ4n) is 9.24. The van der Waals surface area contributed by atoms with E-state index in [1.807, 2.05) is 18.2 Å². The number of hydrogen-bond donors (Lipinski definition) is 1. The normalized spacial score (nSPS) is 13.9. The van der Waals surface area contributed by atoms with Crippen molar-refractivity contribution in [3.8, 4) is 0 Å². The van der Waals surface area contributed by atoms with Gasteiger partial charge in [0.15, 0.2) is 28.6 Å². The van der Waals surface area contributed by atoms with Crippen molar-refractivity contribution in [1.82, 2.24) is 9.07 Å². The summed E-state index contributed by atoms with van der Waals surface area (Å²) in [7, 11) is 0. The van der Waals surface area contributed by atoms with Crippen molar-refractivity contribution in [3.63, 3.8) is 0 Å². The second-order valence-electron chi connectivity index (χ2n) is 14.1. The van der Waals surface area contributed by atoms with E-state index in [4.69, 9.17) is 35.0 Å². The lowest BCUT2D eigenvalue weighted by atomic mass is 9.82. The summed E-state index contributed by atoms with van der Waals surface area (Å²) < 4.78 is 1.29. The second kappa shape index (κ2) is 10.2. The summed E-state index contributed by atoms with van der Waals surface area (Å²) >= 11 is 21.7. The highest BCUT2D eigenvalue weighted by atomic mass is 35.5. The second-order valence-corrected chi connectivity index (χ2v) is 15.2. The van der Waals surface area contributed by atoms with E-state index in [1.165, 1.54) is 4.09 Å². The third-order valence-corrected chi connectivity index (χ3v) is 12.8. The van der Waals surface area contributed by atoms with Gasteiger partial charge in [0.25, 0.3) is 0 Å². The predicted octanol–water partition coefficient (Wildman–Crippen LogP) is 10.5. The Morgan fingerprint density at radius 2 is 1.00 bits per heavy atom. The van der Waals surface area contributed by atoms with Crippen LogP contribution in [0.2, 0.25) is 10.0 Å². The number of pyridine rings is 1. The molecule has 0 unspecified atom stereocenters. The number of H-pyrrole nitrogens is 1. The Labute approximate surface area is 322 Å². The van der Waals surface area contributed by atoms with Crippen LogP contribution in [0, 0.1) is 0 Å². The molecular formula is C45H17Cl3N2O5. The van der Waals surface area contributed by atoms with Gasteiger partial charge in [-0.25, -0.2) is 0 Å². The van der Waals surface area contributed by atoms with Gasteiger partial charge in [-0.3, -0.25) is 28.1 Å². The molecule has 0 fully saturated rings. The van der Waals surface area contributed by atoms with Crippen molar-refractivity contribution >= 4 is 134 Å². The van der Waals surface area contributed by atoms with Crippen molar-refractivity contribution in [2.24, 2.45) is 0 Å². The molecule has 8 aromatic carbocycles. The molecule has 0 amide bonds. The fourth-order valence-corrected chi connectivity index (χ4v) is 10.2. The van der Waals surface area contributed by atoms with E-state index >= 15 is 0 Å². The number of rotatable bonds is 0. The van der Waals surface area contributed by atoms with E-state index in [0.29, 0.717) is 92.8 Å². The molecule has 7 nitrogen and oxygen atoms in total. The average molecular weight is 772 g/mol. The third kappa shape index (κ3) is 3.57. The Hall–Kier alpha value is -6.38. The summed E-state index contributed by atoms with van der Waals surface area (Å²) in [6, 6.07) is 27.6. The van der Waals surface area contributed by atoms with E-state index in [0.717, 1.165) is 5.39 Å². The summed E-state index contributed by atoms with van der Waals surface area (Å²) in [6.45, 7) is 0. The molecule has 0 radical (unpaired) electrons. The van der Waals surface area contributed by atoms with Crippen LogP contribution in [-0.4, -0.2) is 32.2 Å². The molecule has 0 bridgehead atoms. The van der Waals surface area contributed by atoms with Crippen LogP contribution in [0.4, 0.5) is 0 Å². The zero-order chi connectivity index (χ0) is 37.3. The van der Waals surface area contributed by atoms with Crippen LogP contribution >= 0.6 is 35.0 Å². The zero-order valence-corrected chi connectivity index (χ0v) is 30.1. The molecule has 0 aliphatic heterocycles. The van der Waals surface area contributed by atoms with Crippen molar-refractivity contribution in [1.29, 1.82) is 0 Å². The van der Waals surface area contributed by atoms with Crippen LogP contribution in [0.5, 0.6) is 0 Å². The van der Waals surface area contributed by atoms with Crippen LogP contribution < -0.4 is 5.43 Å². The molecule has 1 N–H and O–H groups in total. The number of carbonyl (C=O) groups excluding carboxylic acids is 4. The first kappa shape index (κ1) is 31.0. The minimum Gasteiger partial charge on any atom is -0.354 e. The molecule has 10 heteroatoms. The Morgan fingerprint density at radius 1 is 0.436 bits per heavy atom. The highest BCUT2D eigenvalue weighted by Gasteiger charge is 2.35. The molecule has 55 heavy (non-hydrogen) atoms. The number of aromatic nitrogens is 2. The number of fused-ring (bicyclic) bond motifs is 13. The predicted molar refractivity (Wildman–Crippen MR) is 217 cm³/mol. The molecule has 2 aliphatic carbocycles. The van der Waals surface area contributed by atoms with Gasteiger partial charge in [0, 0.05) is 93.8 Å². The van der Waals surface area contributed by atoms with Crippen LogP contribution in [0.25, 0.3) is 75.9 Å². The molecule has 0 saturated heterocycles. The van der Waals surface area contributed by atoms with Gasteiger partial charge in [-0.2, -0.15) is 0 Å². The lowest BCUT2D eigenvalue weighted by Gasteiger charge is -2.23. The molecule has 12 rings (SSSR count). The Morgan fingerprint density at radius 3 is 1.67 bits per heavy atom. The quantitative estimate of drug-likeness (QED) is 0.122. The third-order valence-electron chi connectivity index (χ3n) is 11.6. The summed E-state index contributed by atoms with van der Waals surface area (Å²) in [5, 5.41) is 5.91. The molecule has 10 aromatic rings. The minimum atomic E-state index is -0.340. The van der Waals surface area contributed by atoms with Gasteiger partial charge in [-0.1, -0.05) is 89.9 Å². The summed E-state index contributed by atoms with van der Waals surface area (Å²) in [5.41, 5.74) is 3.77. The molecular weight excluding hydrogens is 755 g/mol. The van der Waals surface area contributed by atoms with Crippen LogP contribution in [0.1, 0.15) is 63.7 Å². The van der Waals surface area contributed by atoms with Gasteiger partial charge in [0.2, 0.25) is 0 Å². The molecule has 2 heterocycles. The Kier molecular flexibility index (Phi) is 5.77. The van der Waals surface area contributed by atoms with Gasteiger partial charge in [-0.15, -0.1) is 0 Å². The first-order valence-electron chi connectivity index (χ1n) is 17.3. The Balaban J connectivity index is 1.20.